The van der Waals surface area contributed by atoms with Crippen molar-refractivity contribution in [3.63, 3.8) is 0 Å². The molecule has 0 radical (unpaired) electrons. The van der Waals surface area contributed by atoms with E-state index < -0.39 is 0 Å². The van der Waals surface area contributed by atoms with Gasteiger partial charge in [0.2, 0.25) is 5.91 Å². The normalized spacial score (nSPS) is 23.7. The van der Waals surface area contributed by atoms with E-state index >= 15 is 0 Å². The molecule has 3 heterocycles. The van der Waals surface area contributed by atoms with Crippen LogP contribution < -0.4 is 20.1 Å². The molecule has 7 heteroatoms. The van der Waals surface area contributed by atoms with E-state index in [1.54, 1.807) is 4.68 Å². The molecule has 0 bridgehead atoms. The van der Waals surface area contributed by atoms with E-state index in [1.807, 2.05) is 45.4 Å². The van der Waals surface area contributed by atoms with E-state index in [4.69, 9.17) is 9.47 Å². The first kappa shape index (κ1) is 17.9. The Morgan fingerprint density at radius 2 is 2.30 bits per heavy atom. The lowest BCUT2D eigenvalue weighted by Gasteiger charge is -2.19. The van der Waals surface area contributed by atoms with Gasteiger partial charge in [0.15, 0.2) is 0 Å². The summed E-state index contributed by atoms with van der Waals surface area (Å²) in [6, 6.07) is 3.88. The number of amides is 1. The molecule has 2 N–H and O–H groups in total. The second-order valence-electron chi connectivity index (χ2n) is 7.33. The number of nitrogens with zero attached hydrogens (tertiary/aromatic N) is 2. The largest absolute Gasteiger partial charge is 0.492 e. The van der Waals surface area contributed by atoms with E-state index in [-0.39, 0.29) is 23.8 Å². The Balaban J connectivity index is 1.56. The van der Waals surface area contributed by atoms with Crippen LogP contribution >= 0.6 is 0 Å². The molecule has 1 aromatic carbocycles. The first-order valence-corrected chi connectivity index (χ1v) is 9.51. The molecular formula is C20H26N4O3. The fourth-order valence-electron chi connectivity index (χ4n) is 3.97. The van der Waals surface area contributed by atoms with Gasteiger partial charge in [-0.05, 0) is 25.5 Å². The molecule has 1 unspecified atom stereocenters. The highest BCUT2D eigenvalue weighted by atomic mass is 16.5. The van der Waals surface area contributed by atoms with Crippen molar-refractivity contribution in [2.24, 2.45) is 13.0 Å². The molecular weight excluding hydrogens is 344 g/mol. The summed E-state index contributed by atoms with van der Waals surface area (Å²) in [5.41, 5.74) is 2.88. The van der Waals surface area contributed by atoms with Crippen LogP contribution in [0, 0.1) is 5.92 Å². The number of carbonyl (C=O) groups excluding carboxylic acids is 1. The molecule has 4 rings (SSSR count). The van der Waals surface area contributed by atoms with E-state index in [0.717, 1.165) is 29.8 Å². The Hall–Kier alpha value is -2.54. The minimum absolute atomic E-state index is 0.0131. The third-order valence-electron chi connectivity index (χ3n) is 5.26. The molecule has 0 aliphatic carbocycles. The number of fused-ring (bicyclic) bond motifs is 1. The number of benzene rings is 1. The summed E-state index contributed by atoms with van der Waals surface area (Å²) in [7, 11) is 1.89. The third-order valence-corrected chi connectivity index (χ3v) is 5.26. The van der Waals surface area contributed by atoms with Gasteiger partial charge in [-0.1, -0.05) is 0 Å². The molecule has 1 aromatic heterocycles. The SMILES string of the molecule is CCOc1cc2c(cc1NC(=O)[C@H]1CNC[C@@H]1c1cnn(C)c1)OC(C)C2. The predicted octanol–water partition coefficient (Wildman–Crippen LogP) is 2.08. The second-order valence-corrected chi connectivity index (χ2v) is 7.33. The van der Waals surface area contributed by atoms with Gasteiger partial charge in [0.1, 0.15) is 17.6 Å². The van der Waals surface area contributed by atoms with Gasteiger partial charge in [-0.3, -0.25) is 9.48 Å². The first-order chi connectivity index (χ1) is 13.0. The zero-order valence-corrected chi connectivity index (χ0v) is 16.0. The van der Waals surface area contributed by atoms with Gasteiger partial charge in [-0.15, -0.1) is 0 Å². The van der Waals surface area contributed by atoms with Crippen LogP contribution in [0.25, 0.3) is 0 Å². The molecule has 1 saturated heterocycles. The molecule has 1 fully saturated rings. The fraction of sp³-hybridized carbons (Fsp3) is 0.500. The van der Waals surface area contributed by atoms with Gasteiger partial charge in [0.25, 0.3) is 0 Å². The maximum atomic E-state index is 13.1. The zero-order chi connectivity index (χ0) is 19.0. The smallest absolute Gasteiger partial charge is 0.229 e. The van der Waals surface area contributed by atoms with Crippen LogP contribution in [0.1, 0.15) is 30.9 Å². The summed E-state index contributed by atoms with van der Waals surface area (Å²) in [4.78, 5) is 13.1. The molecule has 2 aliphatic heterocycles. The average Bonchev–Trinajstić information content (AvgIpc) is 3.33. The van der Waals surface area contributed by atoms with Gasteiger partial charge in [0.05, 0.1) is 24.4 Å². The summed E-state index contributed by atoms with van der Waals surface area (Å²) in [6.07, 6.45) is 4.83. The summed E-state index contributed by atoms with van der Waals surface area (Å²) in [5.74, 6) is 1.47. The Kier molecular flexibility index (Phi) is 4.78. The van der Waals surface area contributed by atoms with Gasteiger partial charge in [0, 0.05) is 50.3 Å². The molecule has 0 spiro atoms. The van der Waals surface area contributed by atoms with Crippen molar-refractivity contribution >= 4 is 11.6 Å². The quantitative estimate of drug-likeness (QED) is 0.843. The highest BCUT2D eigenvalue weighted by molar-refractivity contribution is 5.95. The first-order valence-electron chi connectivity index (χ1n) is 9.51. The number of aromatic nitrogens is 2. The molecule has 2 aliphatic rings. The summed E-state index contributed by atoms with van der Waals surface area (Å²) in [6.45, 7) is 5.95. The minimum atomic E-state index is -0.156. The standard InChI is InChI=1S/C20H26N4O3/c1-4-26-19-6-13-5-12(2)27-18(13)7-17(19)23-20(25)16-10-21-9-15(16)14-8-22-24(3)11-14/h6-8,11-12,15-16,21H,4-5,9-10H2,1-3H3,(H,23,25)/t12?,15-,16+/m1/s1. The van der Waals surface area contributed by atoms with E-state index in [0.29, 0.717) is 24.6 Å². The number of ether oxygens (including phenoxy) is 2. The topological polar surface area (TPSA) is 77.4 Å². The van der Waals surface area contributed by atoms with Gasteiger partial charge < -0.3 is 20.1 Å². The lowest BCUT2D eigenvalue weighted by Crippen LogP contribution is -2.28. The second kappa shape index (κ2) is 7.23. The number of carbonyl (C=O) groups is 1. The fourth-order valence-corrected chi connectivity index (χ4v) is 3.97. The monoisotopic (exact) mass is 370 g/mol. The van der Waals surface area contributed by atoms with Crippen LogP contribution in [0.15, 0.2) is 24.5 Å². The molecule has 7 nitrogen and oxygen atoms in total. The highest BCUT2D eigenvalue weighted by Gasteiger charge is 2.35. The van der Waals surface area contributed by atoms with Crippen molar-refractivity contribution in [1.29, 1.82) is 0 Å². The van der Waals surface area contributed by atoms with Gasteiger partial charge in [-0.25, -0.2) is 0 Å². The Morgan fingerprint density at radius 1 is 1.44 bits per heavy atom. The van der Waals surface area contributed by atoms with Crippen LogP contribution in [-0.2, 0) is 18.3 Å². The molecule has 144 valence electrons. The molecule has 27 heavy (non-hydrogen) atoms. The lowest BCUT2D eigenvalue weighted by atomic mass is 9.90. The third kappa shape index (κ3) is 3.51. The van der Waals surface area contributed by atoms with Crippen molar-refractivity contribution in [3.8, 4) is 11.5 Å². The van der Waals surface area contributed by atoms with E-state index in [9.17, 15) is 4.79 Å². The number of anilines is 1. The molecule has 1 amide bonds. The number of aryl methyl sites for hydroxylation is 1. The summed E-state index contributed by atoms with van der Waals surface area (Å²) < 4.78 is 13.4. The minimum Gasteiger partial charge on any atom is -0.492 e. The Bertz CT molecular complexity index is 848. The predicted molar refractivity (Wildman–Crippen MR) is 102 cm³/mol. The number of nitrogens with one attached hydrogen (secondary N) is 2. The zero-order valence-electron chi connectivity index (χ0n) is 16.0. The van der Waals surface area contributed by atoms with E-state index in [1.165, 1.54) is 0 Å². The molecule has 0 saturated carbocycles. The molecule has 3 atom stereocenters. The highest BCUT2D eigenvalue weighted by Crippen LogP contribution is 2.39. The van der Waals surface area contributed by atoms with Crippen molar-refractivity contribution in [2.45, 2.75) is 32.3 Å². The Morgan fingerprint density at radius 3 is 3.04 bits per heavy atom. The number of hydrogen-bond acceptors (Lipinski definition) is 5. The summed E-state index contributed by atoms with van der Waals surface area (Å²) in [5, 5.41) is 10.7. The van der Waals surface area contributed by atoms with Gasteiger partial charge in [-0.2, -0.15) is 5.10 Å². The Labute approximate surface area is 159 Å². The van der Waals surface area contributed by atoms with Crippen LogP contribution in [0.2, 0.25) is 0 Å². The van der Waals surface area contributed by atoms with Crippen molar-refractivity contribution in [1.82, 2.24) is 15.1 Å². The van der Waals surface area contributed by atoms with Crippen LogP contribution in [0.3, 0.4) is 0 Å². The van der Waals surface area contributed by atoms with Crippen molar-refractivity contribution < 1.29 is 14.3 Å². The molecule has 2 aromatic rings. The van der Waals surface area contributed by atoms with Crippen molar-refractivity contribution in [2.75, 3.05) is 25.0 Å². The number of rotatable bonds is 5. The van der Waals surface area contributed by atoms with Crippen LogP contribution in [-0.4, -0.2) is 41.5 Å². The number of hydrogen-bond donors (Lipinski definition) is 2. The lowest BCUT2D eigenvalue weighted by molar-refractivity contribution is -0.119. The van der Waals surface area contributed by atoms with Crippen LogP contribution in [0.4, 0.5) is 5.69 Å². The van der Waals surface area contributed by atoms with Crippen LogP contribution in [0.5, 0.6) is 11.5 Å². The van der Waals surface area contributed by atoms with E-state index in [2.05, 4.69) is 15.7 Å². The maximum absolute atomic E-state index is 13.1. The van der Waals surface area contributed by atoms with Crippen molar-refractivity contribution in [3.05, 3.63) is 35.7 Å². The van der Waals surface area contributed by atoms with Gasteiger partial charge >= 0.3 is 0 Å². The maximum Gasteiger partial charge on any atom is 0.229 e. The summed E-state index contributed by atoms with van der Waals surface area (Å²) >= 11 is 0. The average molecular weight is 370 g/mol.